The molecule has 0 bridgehead atoms. The van der Waals surface area contributed by atoms with Crippen LogP contribution in [0.5, 0.6) is 0 Å². The minimum Gasteiger partial charge on any atom is -0.480 e. The Kier molecular flexibility index (Phi) is 10.8. The Morgan fingerprint density at radius 1 is 1.20 bits per heavy atom. The number of nitrogens with one attached hydrogen (secondary N) is 3. The molecule has 11 nitrogen and oxygen atoms in total. The molecule has 1 aliphatic rings. The number of thiophene rings is 1. The number of amides is 2. The van der Waals surface area contributed by atoms with E-state index in [1.807, 2.05) is 6.07 Å². The molecular formula is C26H35ClN4O7S2. The molecule has 1 aromatic carbocycles. The van der Waals surface area contributed by atoms with Crippen molar-refractivity contribution in [1.29, 1.82) is 0 Å². The molecule has 14 heteroatoms. The summed E-state index contributed by atoms with van der Waals surface area (Å²) in [7, 11) is -4.22. The molecular weight excluding hydrogens is 580 g/mol. The lowest BCUT2D eigenvalue weighted by atomic mass is 10.1. The van der Waals surface area contributed by atoms with Crippen LogP contribution in [0, 0.1) is 0 Å². The highest BCUT2D eigenvalue weighted by Crippen LogP contribution is 2.29. The summed E-state index contributed by atoms with van der Waals surface area (Å²) in [5.41, 5.74) is 0.143. The Hall–Kier alpha value is -2.87. The molecule has 220 valence electrons. The highest BCUT2D eigenvalue weighted by molar-refractivity contribution is 7.89. The van der Waals surface area contributed by atoms with Crippen LogP contribution in [0.2, 0.25) is 4.34 Å². The lowest BCUT2D eigenvalue weighted by Gasteiger charge is -2.27. The fourth-order valence-electron chi connectivity index (χ4n) is 4.30. The van der Waals surface area contributed by atoms with Crippen molar-refractivity contribution in [3.8, 4) is 0 Å². The van der Waals surface area contributed by atoms with Gasteiger partial charge in [0.25, 0.3) is 5.91 Å². The minimum atomic E-state index is -4.22. The van der Waals surface area contributed by atoms with Crippen molar-refractivity contribution < 1.29 is 32.6 Å². The molecule has 2 amide bonds. The van der Waals surface area contributed by atoms with Gasteiger partial charge in [-0.3, -0.25) is 9.59 Å². The summed E-state index contributed by atoms with van der Waals surface area (Å²) in [4.78, 5) is 38.2. The van der Waals surface area contributed by atoms with E-state index in [0.717, 1.165) is 43.6 Å². The number of alkyl carbamates (subject to hydrolysis) is 1. The van der Waals surface area contributed by atoms with Crippen molar-refractivity contribution in [2.75, 3.05) is 24.5 Å². The number of ether oxygens (including phenoxy) is 1. The molecule has 2 atom stereocenters. The molecule has 0 saturated carbocycles. The number of carboxylic acid groups (broad SMARTS) is 1. The van der Waals surface area contributed by atoms with Gasteiger partial charge in [0.2, 0.25) is 10.0 Å². The number of rotatable bonds is 12. The second-order valence-electron chi connectivity index (χ2n) is 10.4. The van der Waals surface area contributed by atoms with Crippen LogP contribution < -0.4 is 20.3 Å². The van der Waals surface area contributed by atoms with Crippen LogP contribution in [-0.2, 0) is 19.6 Å². The van der Waals surface area contributed by atoms with E-state index in [9.17, 15) is 27.9 Å². The van der Waals surface area contributed by atoms with Gasteiger partial charge in [0.1, 0.15) is 11.6 Å². The van der Waals surface area contributed by atoms with Crippen molar-refractivity contribution in [3.05, 3.63) is 45.6 Å². The normalized spacial score (nSPS) is 16.4. The summed E-state index contributed by atoms with van der Waals surface area (Å²) in [6, 6.07) is 7.97. The van der Waals surface area contributed by atoms with Crippen molar-refractivity contribution in [1.82, 2.24) is 15.4 Å². The molecule has 1 aromatic heterocycles. The molecule has 1 saturated heterocycles. The molecule has 0 radical (unpaired) electrons. The number of nitrogens with zero attached hydrogens (tertiary/aromatic N) is 1. The number of aliphatic carboxylic acids is 1. The number of hydrogen-bond donors (Lipinski definition) is 4. The maximum atomic E-state index is 13.1. The topological polar surface area (TPSA) is 154 Å². The number of carbonyl (C=O) groups excluding carboxylic acids is 2. The van der Waals surface area contributed by atoms with Gasteiger partial charge in [-0.25, -0.2) is 13.2 Å². The number of carbonyl (C=O) groups is 3. The van der Waals surface area contributed by atoms with Gasteiger partial charge in [0.05, 0.1) is 14.1 Å². The Labute approximate surface area is 243 Å². The van der Waals surface area contributed by atoms with Gasteiger partial charge in [0.15, 0.2) is 0 Å². The fourth-order valence-corrected chi connectivity index (χ4v) is 6.49. The smallest absolute Gasteiger partial charge is 0.407 e. The second kappa shape index (κ2) is 13.7. The van der Waals surface area contributed by atoms with Crippen LogP contribution in [0.25, 0.3) is 0 Å². The number of benzene rings is 1. The van der Waals surface area contributed by atoms with E-state index in [4.69, 9.17) is 16.3 Å². The molecule has 2 aromatic rings. The summed E-state index contributed by atoms with van der Waals surface area (Å²) in [5.74, 6) is -1.98. The number of sulfonamides is 1. The quantitative estimate of drug-likeness (QED) is 0.263. The lowest BCUT2D eigenvalue weighted by Crippen LogP contribution is -2.48. The zero-order valence-corrected chi connectivity index (χ0v) is 25.0. The van der Waals surface area contributed by atoms with E-state index >= 15 is 0 Å². The predicted octanol–water partition coefficient (Wildman–Crippen LogP) is 3.84. The van der Waals surface area contributed by atoms with Gasteiger partial charge in [0, 0.05) is 31.4 Å². The van der Waals surface area contributed by atoms with Crippen LogP contribution in [0.15, 0.2) is 41.3 Å². The standard InChI is InChI=1S/C26H35ClN4O7S2/c1-26(2,3)38-25(35)28-13-5-8-17-9-6-14-31(17)18-7-4-10-19(15-18)40(36,37)30-20(24(33)34)16-29-23(32)21-11-12-22(27)39-21/h4,7,10-12,15,17,20,30H,5-6,8-9,13-14,16H2,1-3H3,(H,28,35)(H,29,32)(H,33,34)/t17-,20-/m0/s1. The second-order valence-corrected chi connectivity index (χ2v) is 13.8. The van der Waals surface area contributed by atoms with Gasteiger partial charge in [-0.1, -0.05) is 17.7 Å². The van der Waals surface area contributed by atoms with Crippen LogP contribution in [0.1, 0.15) is 56.1 Å². The van der Waals surface area contributed by atoms with Gasteiger partial charge in [-0.05, 0) is 76.8 Å². The molecule has 0 spiro atoms. The summed E-state index contributed by atoms with van der Waals surface area (Å²) in [5, 5.41) is 14.8. The SMILES string of the molecule is CC(C)(C)OC(=O)NCCC[C@H]1CCCN1c1cccc(S(=O)(=O)N[C@@H](CNC(=O)c2ccc(Cl)s2)C(=O)O)c1. The van der Waals surface area contributed by atoms with Crippen LogP contribution in [0.4, 0.5) is 10.5 Å². The zero-order valence-electron chi connectivity index (χ0n) is 22.6. The van der Waals surface area contributed by atoms with E-state index in [-0.39, 0.29) is 15.8 Å². The van der Waals surface area contributed by atoms with Crippen molar-refractivity contribution in [3.63, 3.8) is 0 Å². The van der Waals surface area contributed by atoms with Crippen LogP contribution in [0.3, 0.4) is 0 Å². The maximum absolute atomic E-state index is 13.1. The Morgan fingerprint density at radius 3 is 2.60 bits per heavy atom. The first-order valence-electron chi connectivity index (χ1n) is 12.9. The fraction of sp³-hybridized carbons (Fsp3) is 0.500. The van der Waals surface area contributed by atoms with E-state index < -0.39 is 46.2 Å². The third-order valence-corrected chi connectivity index (χ3v) is 8.78. The summed E-state index contributed by atoms with van der Waals surface area (Å²) < 4.78 is 34.1. The largest absolute Gasteiger partial charge is 0.480 e. The Morgan fingerprint density at radius 2 is 1.95 bits per heavy atom. The number of carboxylic acids is 1. The third kappa shape index (κ3) is 9.36. The van der Waals surface area contributed by atoms with Crippen molar-refractivity contribution in [2.24, 2.45) is 0 Å². The number of halogens is 1. The highest BCUT2D eigenvalue weighted by Gasteiger charge is 2.29. The molecule has 0 unspecified atom stereocenters. The average molecular weight is 615 g/mol. The van der Waals surface area contributed by atoms with Crippen molar-refractivity contribution in [2.45, 2.75) is 69.0 Å². The first-order valence-corrected chi connectivity index (χ1v) is 15.5. The van der Waals surface area contributed by atoms with Gasteiger partial charge in [-0.15, -0.1) is 11.3 Å². The Bertz CT molecular complexity index is 1310. The maximum Gasteiger partial charge on any atom is 0.407 e. The van der Waals surface area contributed by atoms with E-state index in [1.54, 1.807) is 26.8 Å². The van der Waals surface area contributed by atoms with E-state index in [0.29, 0.717) is 16.6 Å². The van der Waals surface area contributed by atoms with E-state index in [2.05, 4.69) is 20.3 Å². The van der Waals surface area contributed by atoms with Gasteiger partial charge in [-0.2, -0.15) is 4.72 Å². The molecule has 4 N–H and O–H groups in total. The molecule has 0 aliphatic carbocycles. The molecule has 1 aliphatic heterocycles. The monoisotopic (exact) mass is 614 g/mol. The highest BCUT2D eigenvalue weighted by atomic mass is 35.5. The zero-order chi connectivity index (χ0) is 29.5. The minimum absolute atomic E-state index is 0.0788. The summed E-state index contributed by atoms with van der Waals surface area (Å²) in [6.07, 6.45) is 2.93. The van der Waals surface area contributed by atoms with Gasteiger partial charge >= 0.3 is 12.1 Å². The van der Waals surface area contributed by atoms with Crippen LogP contribution >= 0.6 is 22.9 Å². The van der Waals surface area contributed by atoms with Crippen molar-refractivity contribution >= 4 is 56.6 Å². The Balaban J connectivity index is 1.60. The molecule has 1 fully saturated rings. The van der Waals surface area contributed by atoms with Gasteiger partial charge < -0.3 is 25.4 Å². The lowest BCUT2D eigenvalue weighted by molar-refractivity contribution is -0.138. The molecule has 2 heterocycles. The first kappa shape index (κ1) is 31.7. The summed E-state index contributed by atoms with van der Waals surface area (Å²) >= 11 is 6.86. The number of anilines is 1. The third-order valence-electron chi connectivity index (χ3n) is 6.08. The molecule has 3 rings (SSSR count). The predicted molar refractivity (Wildman–Crippen MR) is 154 cm³/mol. The summed E-state index contributed by atoms with van der Waals surface area (Å²) in [6.45, 7) is 6.16. The number of hydrogen-bond acceptors (Lipinski definition) is 8. The van der Waals surface area contributed by atoms with E-state index in [1.165, 1.54) is 24.3 Å². The first-order chi connectivity index (χ1) is 18.7. The average Bonchev–Trinajstić information content (AvgIpc) is 3.52. The molecule has 40 heavy (non-hydrogen) atoms. The van der Waals surface area contributed by atoms with Crippen LogP contribution in [-0.4, -0.2) is 68.8 Å².